The lowest BCUT2D eigenvalue weighted by atomic mass is 9.99. The Morgan fingerprint density at radius 3 is 2.84 bits per heavy atom. The highest BCUT2D eigenvalue weighted by Crippen LogP contribution is 2.26. The second-order valence-corrected chi connectivity index (χ2v) is 5.80. The molecule has 1 aliphatic heterocycles. The Kier molecular flexibility index (Phi) is 4.75. The molecule has 1 saturated heterocycles. The van der Waals surface area contributed by atoms with E-state index in [0.717, 1.165) is 36.8 Å². The molecule has 2 N–H and O–H groups in total. The third-order valence-electron chi connectivity index (χ3n) is 3.80. The minimum absolute atomic E-state index is 0.372. The molecule has 0 saturated carbocycles. The normalized spacial score (nSPS) is 20.1. The van der Waals surface area contributed by atoms with Crippen molar-refractivity contribution < 1.29 is 0 Å². The number of hydrogen-bond acceptors (Lipinski definition) is 4. The van der Waals surface area contributed by atoms with E-state index in [4.69, 9.17) is 10.7 Å². The molecule has 0 amide bonds. The molecular formula is C15H26N4. The molecule has 1 aliphatic rings. The van der Waals surface area contributed by atoms with Crippen LogP contribution in [0.15, 0.2) is 6.07 Å². The van der Waals surface area contributed by atoms with Crippen LogP contribution in [0.25, 0.3) is 0 Å². The van der Waals surface area contributed by atoms with Crippen LogP contribution in [-0.2, 0) is 0 Å². The Bertz CT molecular complexity index is 415. The summed E-state index contributed by atoms with van der Waals surface area (Å²) in [5, 5.41) is 0. The molecule has 1 fully saturated rings. The van der Waals surface area contributed by atoms with E-state index in [1.54, 1.807) is 0 Å². The third-order valence-corrected chi connectivity index (χ3v) is 3.80. The summed E-state index contributed by atoms with van der Waals surface area (Å²) < 4.78 is 0. The minimum Gasteiger partial charge on any atom is -0.353 e. The van der Waals surface area contributed by atoms with Crippen molar-refractivity contribution in [3.63, 3.8) is 0 Å². The van der Waals surface area contributed by atoms with Gasteiger partial charge in [0.05, 0.1) is 0 Å². The summed E-state index contributed by atoms with van der Waals surface area (Å²) in [5.74, 6) is 2.41. The maximum atomic E-state index is 5.75. The Morgan fingerprint density at radius 1 is 1.37 bits per heavy atom. The van der Waals surface area contributed by atoms with Crippen LogP contribution in [-0.4, -0.2) is 29.1 Å². The molecule has 106 valence electrons. The summed E-state index contributed by atoms with van der Waals surface area (Å²) in [6.07, 6.45) is 4.85. The van der Waals surface area contributed by atoms with Gasteiger partial charge in [-0.3, -0.25) is 0 Å². The van der Waals surface area contributed by atoms with Crippen LogP contribution in [0.2, 0.25) is 0 Å². The molecule has 2 rings (SSSR count). The first kappa shape index (κ1) is 14.3. The van der Waals surface area contributed by atoms with E-state index < -0.39 is 0 Å². The third kappa shape index (κ3) is 3.44. The van der Waals surface area contributed by atoms with Crippen LogP contribution in [0, 0.1) is 6.92 Å². The monoisotopic (exact) mass is 262 g/mol. The molecule has 0 spiro atoms. The molecule has 1 aromatic rings. The Balaban J connectivity index is 2.27. The van der Waals surface area contributed by atoms with E-state index in [9.17, 15) is 0 Å². The average molecular weight is 262 g/mol. The van der Waals surface area contributed by atoms with Crippen molar-refractivity contribution >= 4 is 5.82 Å². The van der Waals surface area contributed by atoms with Crippen molar-refractivity contribution in [1.82, 2.24) is 9.97 Å². The first-order chi connectivity index (χ1) is 9.11. The maximum Gasteiger partial charge on any atom is 0.133 e. The highest BCUT2D eigenvalue weighted by Gasteiger charge is 2.23. The number of aryl methyl sites for hydroxylation is 1. The number of nitrogens with zero attached hydrogens (tertiary/aromatic N) is 3. The van der Waals surface area contributed by atoms with Crippen LogP contribution in [0.3, 0.4) is 0 Å². The van der Waals surface area contributed by atoms with Gasteiger partial charge in [0.15, 0.2) is 0 Å². The van der Waals surface area contributed by atoms with E-state index in [0.29, 0.717) is 12.0 Å². The highest BCUT2D eigenvalue weighted by atomic mass is 15.2. The molecule has 0 bridgehead atoms. The Labute approximate surface area is 116 Å². The van der Waals surface area contributed by atoms with E-state index >= 15 is 0 Å². The quantitative estimate of drug-likeness (QED) is 0.906. The summed E-state index contributed by atoms with van der Waals surface area (Å²) in [4.78, 5) is 11.7. The number of anilines is 1. The van der Waals surface area contributed by atoms with Gasteiger partial charge in [-0.25, -0.2) is 9.97 Å². The predicted octanol–water partition coefficient (Wildman–Crippen LogP) is 2.62. The van der Waals surface area contributed by atoms with Gasteiger partial charge in [-0.2, -0.15) is 0 Å². The van der Waals surface area contributed by atoms with Crippen molar-refractivity contribution in [2.24, 2.45) is 5.73 Å². The molecule has 1 aromatic heterocycles. The standard InChI is InChI=1S/C15H26N4/c1-11(2)15-17-12(3)10-14(18-15)19-9-5-4-6-13(19)7-8-16/h10-11,13H,4-9,16H2,1-3H3. The number of aromatic nitrogens is 2. The Hall–Kier alpha value is -1.16. The van der Waals surface area contributed by atoms with Crippen molar-refractivity contribution in [3.8, 4) is 0 Å². The zero-order valence-electron chi connectivity index (χ0n) is 12.4. The topological polar surface area (TPSA) is 55.0 Å². The zero-order valence-corrected chi connectivity index (χ0v) is 12.4. The van der Waals surface area contributed by atoms with E-state index in [-0.39, 0.29) is 0 Å². The maximum absolute atomic E-state index is 5.75. The molecule has 0 radical (unpaired) electrons. The molecule has 4 heteroatoms. The first-order valence-corrected chi connectivity index (χ1v) is 7.44. The van der Waals surface area contributed by atoms with E-state index in [1.807, 2.05) is 0 Å². The summed E-state index contributed by atoms with van der Waals surface area (Å²) in [6.45, 7) is 8.19. The SMILES string of the molecule is Cc1cc(N2CCCCC2CCN)nc(C(C)C)n1. The highest BCUT2D eigenvalue weighted by molar-refractivity contribution is 5.42. The van der Waals surface area contributed by atoms with Gasteiger partial charge in [0.1, 0.15) is 11.6 Å². The average Bonchev–Trinajstić information content (AvgIpc) is 2.39. The molecule has 1 unspecified atom stereocenters. The summed E-state index contributed by atoms with van der Waals surface area (Å²) in [5.41, 5.74) is 6.81. The minimum atomic E-state index is 0.372. The number of nitrogens with two attached hydrogens (primary N) is 1. The smallest absolute Gasteiger partial charge is 0.133 e. The van der Waals surface area contributed by atoms with Gasteiger partial charge >= 0.3 is 0 Å². The number of hydrogen-bond donors (Lipinski definition) is 1. The predicted molar refractivity (Wildman–Crippen MR) is 79.5 cm³/mol. The molecule has 4 nitrogen and oxygen atoms in total. The Morgan fingerprint density at radius 2 is 2.16 bits per heavy atom. The van der Waals surface area contributed by atoms with Crippen LogP contribution in [0.5, 0.6) is 0 Å². The van der Waals surface area contributed by atoms with Crippen molar-refractivity contribution in [3.05, 3.63) is 17.6 Å². The van der Waals surface area contributed by atoms with Gasteiger partial charge in [-0.05, 0) is 39.2 Å². The largest absolute Gasteiger partial charge is 0.353 e. The van der Waals surface area contributed by atoms with Gasteiger partial charge in [0.2, 0.25) is 0 Å². The lowest BCUT2D eigenvalue weighted by Gasteiger charge is -2.37. The van der Waals surface area contributed by atoms with Crippen molar-refractivity contribution in [2.75, 3.05) is 18.0 Å². The zero-order chi connectivity index (χ0) is 13.8. The van der Waals surface area contributed by atoms with Gasteiger partial charge in [0.25, 0.3) is 0 Å². The molecule has 2 heterocycles. The molecule has 1 atom stereocenters. The molecule has 19 heavy (non-hydrogen) atoms. The van der Waals surface area contributed by atoms with Crippen LogP contribution in [0.1, 0.15) is 57.0 Å². The van der Waals surface area contributed by atoms with Crippen LogP contribution in [0.4, 0.5) is 5.82 Å². The second-order valence-electron chi connectivity index (χ2n) is 5.80. The molecular weight excluding hydrogens is 236 g/mol. The fourth-order valence-corrected chi connectivity index (χ4v) is 2.77. The number of rotatable bonds is 4. The first-order valence-electron chi connectivity index (χ1n) is 7.44. The van der Waals surface area contributed by atoms with Crippen molar-refractivity contribution in [2.45, 2.75) is 58.4 Å². The molecule has 0 aromatic carbocycles. The van der Waals surface area contributed by atoms with Gasteiger partial charge < -0.3 is 10.6 Å². The lowest BCUT2D eigenvalue weighted by Crippen LogP contribution is -2.41. The van der Waals surface area contributed by atoms with Crippen LogP contribution < -0.4 is 10.6 Å². The summed E-state index contributed by atoms with van der Waals surface area (Å²) in [6, 6.07) is 2.66. The van der Waals surface area contributed by atoms with Gasteiger partial charge in [-0.1, -0.05) is 13.8 Å². The van der Waals surface area contributed by atoms with E-state index in [2.05, 4.69) is 36.7 Å². The summed E-state index contributed by atoms with van der Waals surface area (Å²) >= 11 is 0. The number of piperidine rings is 1. The fraction of sp³-hybridized carbons (Fsp3) is 0.733. The molecule has 0 aliphatic carbocycles. The fourth-order valence-electron chi connectivity index (χ4n) is 2.77. The van der Waals surface area contributed by atoms with Gasteiger partial charge in [-0.15, -0.1) is 0 Å². The van der Waals surface area contributed by atoms with Gasteiger partial charge in [0, 0.05) is 30.3 Å². The van der Waals surface area contributed by atoms with E-state index in [1.165, 1.54) is 19.3 Å². The lowest BCUT2D eigenvalue weighted by molar-refractivity contribution is 0.438. The van der Waals surface area contributed by atoms with Crippen molar-refractivity contribution in [1.29, 1.82) is 0 Å². The second kappa shape index (κ2) is 6.33. The van der Waals surface area contributed by atoms with Crippen LogP contribution >= 0.6 is 0 Å². The summed E-state index contributed by atoms with van der Waals surface area (Å²) in [7, 11) is 0.